The van der Waals surface area contributed by atoms with Crippen molar-refractivity contribution in [2.75, 3.05) is 19.8 Å². The van der Waals surface area contributed by atoms with Crippen LogP contribution in [0.3, 0.4) is 0 Å². The SMILES string of the molecule is C=C(C)C(=O)OCC(O)CC(C(=O)c1ccc2c(c1)C(=O)OC2=O)C(C)CC(C)(C)OCC(C)C(C)(C)C(CC(O)COC(=O)C(=C)C)C(=O)c1ccc2c(c1)C(=O)OC2=O. The third-order valence-electron chi connectivity index (χ3n) is 11.4. The number of aliphatic hydroxyl groups excluding tert-OH is 2. The number of ketones is 2. The Morgan fingerprint density at radius 2 is 1.08 bits per heavy atom. The summed E-state index contributed by atoms with van der Waals surface area (Å²) >= 11 is 0. The Morgan fingerprint density at radius 3 is 1.54 bits per heavy atom. The highest BCUT2D eigenvalue weighted by atomic mass is 16.6. The van der Waals surface area contributed by atoms with Gasteiger partial charge in [-0.3, -0.25) is 9.59 Å². The van der Waals surface area contributed by atoms with E-state index in [1.165, 1.54) is 50.2 Å². The van der Waals surface area contributed by atoms with Gasteiger partial charge in [-0.25, -0.2) is 28.8 Å². The van der Waals surface area contributed by atoms with Crippen LogP contribution in [-0.2, 0) is 33.3 Å². The number of fused-ring (bicyclic) bond motifs is 2. The van der Waals surface area contributed by atoms with Gasteiger partial charge in [0, 0.05) is 34.1 Å². The van der Waals surface area contributed by atoms with Gasteiger partial charge in [0.1, 0.15) is 13.2 Å². The van der Waals surface area contributed by atoms with Crippen LogP contribution < -0.4 is 0 Å². The molecule has 2 aliphatic rings. The maximum absolute atomic E-state index is 14.3. The van der Waals surface area contributed by atoms with Crippen LogP contribution in [0.25, 0.3) is 0 Å². The topological polar surface area (TPSA) is 223 Å². The van der Waals surface area contributed by atoms with Crippen LogP contribution in [0, 0.1) is 29.1 Å². The summed E-state index contributed by atoms with van der Waals surface area (Å²) in [6, 6.07) is 8.08. The van der Waals surface area contributed by atoms with Gasteiger partial charge in [-0.1, -0.05) is 53.0 Å². The number of ether oxygens (including phenoxy) is 5. The molecular weight excluding hydrogens is 792 g/mol. The second-order valence-corrected chi connectivity index (χ2v) is 17.3. The Hall–Kier alpha value is -5.64. The zero-order valence-corrected chi connectivity index (χ0v) is 35.8. The maximum atomic E-state index is 14.3. The van der Waals surface area contributed by atoms with Gasteiger partial charge in [0.25, 0.3) is 0 Å². The summed E-state index contributed by atoms with van der Waals surface area (Å²) in [5.41, 5.74) is -1.41. The van der Waals surface area contributed by atoms with Crippen LogP contribution in [0.1, 0.15) is 137 Å². The standard InChI is InChI=1S/C46H54O15/c1-23(2)39(51)57-21-29(47)17-33(37(49)27-11-13-31-34(15-27)43(55)60-41(31)53)25(5)19-45(7,8)59-20-26(6)46(9,10)36(18-30(48)22-58-40(52)24(3)4)38(50)28-12-14-32-35(16-28)44(56)61-42(32)54/h11-16,25-26,29-30,33,36,47-48H,1,3,17-22H2,2,4-10H3. The molecule has 2 aromatic rings. The number of hydrogen-bond acceptors (Lipinski definition) is 15. The molecular formula is C46H54O15. The molecule has 6 atom stereocenters. The third-order valence-corrected chi connectivity index (χ3v) is 11.4. The lowest BCUT2D eigenvalue weighted by atomic mass is 9.65. The van der Waals surface area contributed by atoms with Crippen molar-refractivity contribution < 1.29 is 72.3 Å². The highest BCUT2D eigenvalue weighted by molar-refractivity contribution is 6.16. The molecule has 61 heavy (non-hydrogen) atoms. The number of carbonyl (C=O) groups excluding carboxylic acids is 8. The first kappa shape index (κ1) is 48.0. The molecule has 2 N–H and O–H groups in total. The van der Waals surface area contributed by atoms with E-state index in [-0.39, 0.29) is 70.4 Å². The van der Waals surface area contributed by atoms with Gasteiger partial charge in [0.2, 0.25) is 0 Å². The van der Waals surface area contributed by atoms with Gasteiger partial charge in [-0.15, -0.1) is 0 Å². The molecule has 15 nitrogen and oxygen atoms in total. The summed E-state index contributed by atoms with van der Waals surface area (Å²) in [4.78, 5) is 101. The molecule has 328 valence electrons. The summed E-state index contributed by atoms with van der Waals surface area (Å²) in [5.74, 6) is -8.38. The number of hydrogen-bond donors (Lipinski definition) is 2. The minimum atomic E-state index is -1.27. The molecule has 2 aromatic carbocycles. The van der Waals surface area contributed by atoms with Crippen LogP contribution >= 0.6 is 0 Å². The Balaban J connectivity index is 1.55. The number of carbonyl (C=O) groups is 8. The first-order valence-electron chi connectivity index (χ1n) is 19.9. The summed E-state index contributed by atoms with van der Waals surface area (Å²) in [5, 5.41) is 22.0. The highest BCUT2D eigenvalue weighted by Crippen LogP contribution is 2.42. The maximum Gasteiger partial charge on any atom is 0.346 e. The average Bonchev–Trinajstić information content (AvgIpc) is 3.65. The average molecular weight is 847 g/mol. The second-order valence-electron chi connectivity index (χ2n) is 17.3. The predicted octanol–water partition coefficient (Wildman–Crippen LogP) is 5.83. The molecule has 0 spiro atoms. The predicted molar refractivity (Wildman–Crippen MR) is 218 cm³/mol. The van der Waals surface area contributed by atoms with E-state index in [1.807, 2.05) is 34.6 Å². The summed E-state index contributed by atoms with van der Waals surface area (Å²) < 4.78 is 26.2. The van der Waals surface area contributed by atoms with E-state index in [1.54, 1.807) is 6.92 Å². The highest BCUT2D eigenvalue weighted by Gasteiger charge is 2.43. The quantitative estimate of drug-likeness (QED) is 0.0468. The fourth-order valence-electron chi connectivity index (χ4n) is 7.42. The number of cyclic esters (lactones) is 4. The van der Waals surface area contributed by atoms with Gasteiger partial charge >= 0.3 is 35.8 Å². The molecule has 0 aromatic heterocycles. The Bertz CT molecular complexity index is 2140. The van der Waals surface area contributed by atoms with Crippen molar-refractivity contribution in [3.05, 3.63) is 94.1 Å². The van der Waals surface area contributed by atoms with Crippen molar-refractivity contribution in [3.8, 4) is 0 Å². The number of rotatable bonds is 22. The lowest BCUT2D eigenvalue weighted by Crippen LogP contribution is -2.42. The monoisotopic (exact) mass is 846 g/mol. The van der Waals surface area contributed by atoms with Crippen molar-refractivity contribution in [3.63, 3.8) is 0 Å². The fourth-order valence-corrected chi connectivity index (χ4v) is 7.42. The number of aliphatic hydroxyl groups is 2. The molecule has 15 heteroatoms. The third kappa shape index (κ3) is 11.6. The van der Waals surface area contributed by atoms with Crippen LogP contribution in [-0.4, -0.2) is 95.2 Å². The molecule has 4 rings (SSSR count). The van der Waals surface area contributed by atoms with Gasteiger partial charge in [0.15, 0.2) is 11.6 Å². The van der Waals surface area contributed by atoms with Crippen LogP contribution in [0.2, 0.25) is 0 Å². The summed E-state index contributed by atoms with van der Waals surface area (Å²) in [7, 11) is 0. The van der Waals surface area contributed by atoms with Crippen LogP contribution in [0.5, 0.6) is 0 Å². The van der Waals surface area contributed by atoms with E-state index < -0.39 is 107 Å². The first-order chi connectivity index (χ1) is 28.3. The molecule has 0 aliphatic carbocycles. The van der Waals surface area contributed by atoms with Crippen LogP contribution in [0.15, 0.2) is 60.7 Å². The number of Topliss-reactive ketones (excluding diaryl/α,β-unsaturated/α-hetero) is 2. The normalized spacial score (nSPS) is 16.6. The Kier molecular flexibility index (Phi) is 15.3. The van der Waals surface area contributed by atoms with E-state index >= 15 is 0 Å². The van der Waals surface area contributed by atoms with E-state index in [4.69, 9.17) is 18.9 Å². The minimum absolute atomic E-state index is 0.0282. The van der Waals surface area contributed by atoms with Gasteiger partial charge in [0.05, 0.1) is 46.7 Å². The fraction of sp³-hybridized carbons (Fsp3) is 0.478. The van der Waals surface area contributed by atoms with E-state index in [9.17, 15) is 48.6 Å². The molecule has 2 heterocycles. The number of esters is 6. The van der Waals surface area contributed by atoms with Crippen molar-refractivity contribution >= 4 is 47.4 Å². The summed E-state index contributed by atoms with van der Waals surface area (Å²) in [6.07, 6.45) is -2.54. The molecule has 0 amide bonds. The minimum Gasteiger partial charge on any atom is -0.460 e. The Labute approximate surface area is 354 Å². The lowest BCUT2D eigenvalue weighted by Gasteiger charge is -2.41. The largest absolute Gasteiger partial charge is 0.460 e. The van der Waals surface area contributed by atoms with E-state index in [0.717, 1.165) is 0 Å². The lowest BCUT2D eigenvalue weighted by molar-refractivity contribution is -0.143. The van der Waals surface area contributed by atoms with Crippen molar-refractivity contribution in [2.45, 2.75) is 92.5 Å². The molecule has 0 bridgehead atoms. The Morgan fingerprint density at radius 1 is 0.656 bits per heavy atom. The van der Waals surface area contributed by atoms with Crippen molar-refractivity contribution in [1.82, 2.24) is 0 Å². The second kappa shape index (κ2) is 19.4. The zero-order valence-electron chi connectivity index (χ0n) is 35.8. The summed E-state index contributed by atoms with van der Waals surface area (Å²) in [6.45, 7) is 20.2. The van der Waals surface area contributed by atoms with Crippen molar-refractivity contribution in [1.29, 1.82) is 0 Å². The van der Waals surface area contributed by atoms with Gasteiger partial charge < -0.3 is 33.9 Å². The molecule has 0 fully saturated rings. The van der Waals surface area contributed by atoms with E-state index in [2.05, 4.69) is 17.9 Å². The number of benzene rings is 2. The van der Waals surface area contributed by atoms with Crippen LogP contribution in [0.4, 0.5) is 0 Å². The molecule has 0 saturated carbocycles. The molecule has 2 aliphatic heterocycles. The molecule has 0 saturated heterocycles. The van der Waals surface area contributed by atoms with Gasteiger partial charge in [-0.2, -0.15) is 0 Å². The first-order valence-corrected chi connectivity index (χ1v) is 19.9. The smallest absolute Gasteiger partial charge is 0.346 e. The zero-order chi connectivity index (χ0) is 45.7. The molecule has 6 unspecified atom stereocenters. The molecule has 0 radical (unpaired) electrons. The van der Waals surface area contributed by atoms with Crippen molar-refractivity contribution in [2.24, 2.45) is 29.1 Å². The van der Waals surface area contributed by atoms with E-state index in [0.29, 0.717) is 0 Å². The van der Waals surface area contributed by atoms with Gasteiger partial charge in [-0.05, 0) is 88.5 Å².